The summed E-state index contributed by atoms with van der Waals surface area (Å²) in [5, 5.41) is 19.1. The molecule has 3 rings (SSSR count). The lowest BCUT2D eigenvalue weighted by Crippen LogP contribution is -2.66. The average Bonchev–Trinajstić information content (AvgIpc) is 3.29. The number of β-lactam (4-membered cyclic amide) rings is 1. The van der Waals surface area contributed by atoms with Gasteiger partial charge in [0.25, 0.3) is 0 Å². The molecule has 0 saturated carbocycles. The molecule has 11 heteroatoms. The number of nitrogens with zero attached hydrogens (tertiary/aromatic N) is 2. The van der Waals surface area contributed by atoms with Crippen molar-refractivity contribution in [1.29, 1.82) is 0 Å². The summed E-state index contributed by atoms with van der Waals surface area (Å²) < 4.78 is 0. The highest BCUT2D eigenvalue weighted by Gasteiger charge is 2.60. The second-order valence-electron chi connectivity index (χ2n) is 9.23. The molecule has 0 aromatic rings. The van der Waals surface area contributed by atoms with Crippen molar-refractivity contribution in [3.8, 4) is 0 Å². The molecule has 0 radical (unpaired) electrons. The Balaban J connectivity index is 1.68. The predicted molar refractivity (Wildman–Crippen MR) is 125 cm³/mol. The van der Waals surface area contributed by atoms with Crippen LogP contribution in [0.3, 0.4) is 0 Å². The van der Waals surface area contributed by atoms with Crippen molar-refractivity contribution < 1.29 is 24.3 Å². The monoisotopic (exact) mass is 481 g/mol. The molecule has 2 unspecified atom stereocenters. The number of hydrogen-bond acceptors (Lipinski definition) is 7. The van der Waals surface area contributed by atoms with E-state index in [0.29, 0.717) is 17.9 Å². The van der Waals surface area contributed by atoms with E-state index >= 15 is 0 Å². The van der Waals surface area contributed by atoms with Crippen molar-refractivity contribution in [2.24, 2.45) is 11.8 Å². The van der Waals surface area contributed by atoms with E-state index in [0.717, 1.165) is 13.0 Å². The lowest BCUT2D eigenvalue weighted by atomic mass is 9.78. The van der Waals surface area contributed by atoms with Crippen LogP contribution in [0.1, 0.15) is 33.6 Å². The predicted octanol–water partition coefficient (Wildman–Crippen LogP) is -0.184. The lowest BCUT2D eigenvalue weighted by molar-refractivity contribution is -0.158. The summed E-state index contributed by atoms with van der Waals surface area (Å²) in [4.78, 5) is 53.2. The maximum absolute atomic E-state index is 13.0. The number of likely N-dealkylation sites (N-methyl/N-ethyl adjacent to an activating group) is 1. The van der Waals surface area contributed by atoms with E-state index in [4.69, 9.17) is 0 Å². The number of thioether (sulfide) groups is 1. The first-order chi connectivity index (χ1) is 15.6. The van der Waals surface area contributed by atoms with Crippen molar-refractivity contribution in [2.75, 3.05) is 33.7 Å². The fourth-order valence-electron chi connectivity index (χ4n) is 4.94. The Morgan fingerprint density at radius 3 is 2.64 bits per heavy atom. The summed E-state index contributed by atoms with van der Waals surface area (Å²) in [6.07, 6.45) is 1.52. The average molecular weight is 482 g/mol. The van der Waals surface area contributed by atoms with Gasteiger partial charge in [-0.3, -0.25) is 14.4 Å². The molecule has 0 aromatic heterocycles. The van der Waals surface area contributed by atoms with Crippen LogP contribution in [-0.2, 0) is 19.2 Å². The number of carbonyl (C=O) groups is 4. The van der Waals surface area contributed by atoms with Gasteiger partial charge in [0.1, 0.15) is 5.70 Å². The van der Waals surface area contributed by atoms with Crippen molar-refractivity contribution in [3.63, 3.8) is 0 Å². The largest absolute Gasteiger partial charge is 0.477 e. The van der Waals surface area contributed by atoms with E-state index in [1.54, 1.807) is 25.9 Å². The number of fused-ring (bicyclic) bond motifs is 1. The third-order valence-electron chi connectivity index (χ3n) is 6.55. The van der Waals surface area contributed by atoms with E-state index < -0.39 is 17.9 Å². The highest BCUT2D eigenvalue weighted by Crippen LogP contribution is 2.51. The summed E-state index contributed by atoms with van der Waals surface area (Å²) >= 11 is 1.46. The fraction of sp³-hybridized carbons (Fsp3) is 0.727. The van der Waals surface area contributed by atoms with Gasteiger partial charge in [-0.25, -0.2) is 4.79 Å². The number of aliphatic carboxylic acids is 1. The van der Waals surface area contributed by atoms with E-state index in [-0.39, 0.29) is 53.2 Å². The van der Waals surface area contributed by atoms with Crippen molar-refractivity contribution in [1.82, 2.24) is 25.8 Å². The first-order valence-corrected chi connectivity index (χ1v) is 12.4. The molecule has 4 N–H and O–H groups in total. The molecule has 3 aliphatic heterocycles. The smallest absolute Gasteiger partial charge is 0.353 e. The summed E-state index contributed by atoms with van der Waals surface area (Å²) in [6.45, 7) is 7.27. The van der Waals surface area contributed by atoms with Gasteiger partial charge in [0.15, 0.2) is 0 Å². The molecule has 3 heterocycles. The molecule has 33 heavy (non-hydrogen) atoms. The van der Waals surface area contributed by atoms with Gasteiger partial charge < -0.3 is 30.9 Å². The van der Waals surface area contributed by atoms with Crippen LogP contribution in [0.5, 0.6) is 0 Å². The lowest BCUT2D eigenvalue weighted by Gasteiger charge is -2.47. The molecule has 6 atom stereocenters. The highest BCUT2D eigenvalue weighted by atomic mass is 32.2. The minimum absolute atomic E-state index is 0.00191. The topological polar surface area (TPSA) is 131 Å². The molecule has 0 bridgehead atoms. The van der Waals surface area contributed by atoms with Gasteiger partial charge in [0.2, 0.25) is 17.7 Å². The number of rotatable bonds is 10. The zero-order valence-corrected chi connectivity index (χ0v) is 20.7. The number of nitrogens with one attached hydrogen (secondary N) is 3. The van der Waals surface area contributed by atoms with Gasteiger partial charge in [-0.1, -0.05) is 13.8 Å². The van der Waals surface area contributed by atoms with Gasteiger partial charge in [-0.2, -0.15) is 0 Å². The Hall–Kier alpha value is -2.11. The van der Waals surface area contributed by atoms with Crippen LogP contribution < -0.4 is 16.0 Å². The normalized spacial score (nSPS) is 29.5. The molecule has 2 fully saturated rings. The standard InChI is InChI=1S/C22H35N5O5S/c1-6-7-23-10-15(28)25-12(3)16-17-11(2)19(18(22(31)32)27(17)21(16)30)33-13-8-14(24-9-13)20(29)26(4)5/h11-14,16-17,23-24H,6-10H2,1-5H3,(H,25,28)(H,31,32)/t11-,12-,13?,14?,16-,17+/m1/s1. The highest BCUT2D eigenvalue weighted by molar-refractivity contribution is 8.03. The molecule has 10 nitrogen and oxygen atoms in total. The Labute approximate surface area is 198 Å². The van der Waals surface area contributed by atoms with E-state index in [9.17, 15) is 24.3 Å². The zero-order chi connectivity index (χ0) is 24.4. The van der Waals surface area contributed by atoms with Gasteiger partial charge in [0.05, 0.1) is 24.5 Å². The van der Waals surface area contributed by atoms with Crippen LogP contribution in [0.4, 0.5) is 0 Å². The van der Waals surface area contributed by atoms with Crippen LogP contribution in [-0.4, -0.2) is 95.7 Å². The second-order valence-corrected chi connectivity index (χ2v) is 10.6. The summed E-state index contributed by atoms with van der Waals surface area (Å²) in [5.41, 5.74) is 0.0456. The first kappa shape index (κ1) is 25.5. The maximum Gasteiger partial charge on any atom is 0.353 e. The summed E-state index contributed by atoms with van der Waals surface area (Å²) in [6, 6.07) is -0.976. The molecule has 0 aromatic carbocycles. The molecule has 184 valence electrons. The number of amides is 3. The second kappa shape index (κ2) is 10.4. The Morgan fingerprint density at radius 1 is 1.33 bits per heavy atom. The summed E-state index contributed by atoms with van der Waals surface area (Å²) in [7, 11) is 3.43. The molecule has 3 amide bonds. The number of hydrogen-bond donors (Lipinski definition) is 4. The zero-order valence-electron chi connectivity index (χ0n) is 19.9. The van der Waals surface area contributed by atoms with E-state index in [2.05, 4.69) is 16.0 Å². The van der Waals surface area contributed by atoms with Crippen LogP contribution in [0.15, 0.2) is 10.6 Å². The Kier molecular flexibility index (Phi) is 8.07. The molecule has 0 aliphatic carbocycles. The van der Waals surface area contributed by atoms with Gasteiger partial charge in [-0.15, -0.1) is 11.8 Å². The van der Waals surface area contributed by atoms with Gasteiger partial charge in [-0.05, 0) is 26.3 Å². The van der Waals surface area contributed by atoms with Crippen LogP contribution in [0.2, 0.25) is 0 Å². The fourth-order valence-corrected chi connectivity index (χ4v) is 6.42. The molecule has 3 aliphatic rings. The molecular formula is C22H35N5O5S. The van der Waals surface area contributed by atoms with Crippen molar-refractivity contribution in [2.45, 2.75) is 57.0 Å². The van der Waals surface area contributed by atoms with Gasteiger partial charge in [0, 0.05) is 42.8 Å². The minimum atomic E-state index is -1.12. The quantitative estimate of drug-likeness (QED) is 0.250. The molecule has 0 spiro atoms. The van der Waals surface area contributed by atoms with Crippen LogP contribution >= 0.6 is 11.8 Å². The number of carboxylic acids is 1. The third kappa shape index (κ3) is 5.04. The Bertz CT molecular complexity index is 847. The van der Waals surface area contributed by atoms with E-state index in [1.807, 2.05) is 13.8 Å². The Morgan fingerprint density at radius 2 is 2.03 bits per heavy atom. The van der Waals surface area contributed by atoms with Crippen LogP contribution in [0, 0.1) is 11.8 Å². The first-order valence-electron chi connectivity index (χ1n) is 11.5. The molecular weight excluding hydrogens is 446 g/mol. The summed E-state index contributed by atoms with van der Waals surface area (Å²) in [5.74, 6) is -2.19. The number of carboxylic acid groups (broad SMARTS) is 1. The van der Waals surface area contributed by atoms with E-state index in [1.165, 1.54) is 16.7 Å². The SMILES string of the molecule is CCCNCC(=O)N[C@H](C)[C@H]1C(=O)N2C(C(=O)O)=C(SC3CNC(C(=O)N(C)C)C3)[C@H](C)[C@@H]12. The minimum Gasteiger partial charge on any atom is -0.477 e. The molecule has 2 saturated heterocycles. The van der Waals surface area contributed by atoms with Gasteiger partial charge >= 0.3 is 5.97 Å². The third-order valence-corrected chi connectivity index (χ3v) is 8.07. The maximum atomic E-state index is 13.0. The van der Waals surface area contributed by atoms with Crippen LogP contribution in [0.25, 0.3) is 0 Å². The van der Waals surface area contributed by atoms with Crippen molar-refractivity contribution >= 4 is 35.5 Å². The van der Waals surface area contributed by atoms with Crippen molar-refractivity contribution in [3.05, 3.63) is 10.6 Å². The number of carbonyl (C=O) groups excluding carboxylic acids is 3.